The van der Waals surface area contributed by atoms with Gasteiger partial charge in [0.05, 0.1) is 12.8 Å². The minimum Gasteiger partial charge on any atom is -0.495 e. The molecule has 0 bridgehead atoms. The van der Waals surface area contributed by atoms with Gasteiger partial charge >= 0.3 is 0 Å². The molecule has 0 aliphatic rings. The van der Waals surface area contributed by atoms with Crippen molar-refractivity contribution in [2.24, 2.45) is 0 Å². The zero-order chi connectivity index (χ0) is 14.1. The Morgan fingerprint density at radius 1 is 1.11 bits per heavy atom. The molecule has 0 unspecified atom stereocenters. The first-order valence-electron chi connectivity index (χ1n) is 7.36. The van der Waals surface area contributed by atoms with Crippen molar-refractivity contribution >= 4 is 5.69 Å². The molecule has 0 saturated carbocycles. The van der Waals surface area contributed by atoms with Crippen LogP contribution < -0.4 is 10.5 Å². The van der Waals surface area contributed by atoms with Crippen LogP contribution in [0.2, 0.25) is 0 Å². The van der Waals surface area contributed by atoms with Crippen molar-refractivity contribution in [3.63, 3.8) is 0 Å². The molecular weight excluding hydrogens is 236 g/mol. The van der Waals surface area contributed by atoms with E-state index >= 15 is 0 Å². The molecule has 1 rings (SSSR count). The number of nitrogen functional groups attached to an aromatic ring is 1. The highest BCUT2D eigenvalue weighted by molar-refractivity contribution is 5.54. The number of hydrogen-bond acceptors (Lipinski definition) is 3. The molecule has 0 heterocycles. The van der Waals surface area contributed by atoms with Gasteiger partial charge in [0.15, 0.2) is 0 Å². The fourth-order valence-corrected chi connectivity index (χ4v) is 2.41. The molecule has 3 heteroatoms. The number of rotatable bonds is 9. The lowest BCUT2D eigenvalue weighted by atomic mass is 10.1. The summed E-state index contributed by atoms with van der Waals surface area (Å²) in [4.78, 5) is 2.55. The van der Waals surface area contributed by atoms with E-state index in [4.69, 9.17) is 10.5 Å². The second-order valence-electron chi connectivity index (χ2n) is 5.02. The third-order valence-electron chi connectivity index (χ3n) is 3.31. The summed E-state index contributed by atoms with van der Waals surface area (Å²) in [6, 6.07) is 6.10. The Bertz CT molecular complexity index is 360. The molecule has 0 spiro atoms. The smallest absolute Gasteiger partial charge is 0.141 e. The summed E-state index contributed by atoms with van der Waals surface area (Å²) in [5.74, 6) is 0.766. The topological polar surface area (TPSA) is 38.5 Å². The summed E-state index contributed by atoms with van der Waals surface area (Å²) in [7, 11) is 1.65. The van der Waals surface area contributed by atoms with Crippen molar-refractivity contribution < 1.29 is 4.74 Å². The second-order valence-corrected chi connectivity index (χ2v) is 5.02. The lowest BCUT2D eigenvalue weighted by Crippen LogP contribution is -2.26. The summed E-state index contributed by atoms with van der Waals surface area (Å²) < 4.78 is 5.17. The molecule has 0 amide bonds. The zero-order valence-electron chi connectivity index (χ0n) is 12.6. The van der Waals surface area contributed by atoms with E-state index in [-0.39, 0.29) is 0 Å². The molecule has 0 saturated heterocycles. The van der Waals surface area contributed by atoms with Crippen LogP contribution in [-0.4, -0.2) is 31.6 Å². The van der Waals surface area contributed by atoms with Crippen LogP contribution in [0.15, 0.2) is 18.2 Å². The van der Waals surface area contributed by atoms with E-state index in [2.05, 4.69) is 24.8 Å². The highest BCUT2D eigenvalue weighted by Crippen LogP contribution is 2.22. The van der Waals surface area contributed by atoms with Gasteiger partial charge in [-0.2, -0.15) is 0 Å². The molecule has 3 nitrogen and oxygen atoms in total. The monoisotopic (exact) mass is 264 g/mol. The number of ether oxygens (including phenoxy) is 1. The van der Waals surface area contributed by atoms with Crippen molar-refractivity contribution in [2.45, 2.75) is 39.5 Å². The predicted octanol–water partition coefficient (Wildman–Crippen LogP) is 3.33. The van der Waals surface area contributed by atoms with Gasteiger partial charge < -0.3 is 15.4 Å². The molecule has 0 aliphatic heterocycles. The van der Waals surface area contributed by atoms with E-state index in [1.165, 1.54) is 44.5 Å². The molecule has 0 fully saturated rings. The van der Waals surface area contributed by atoms with E-state index in [1.807, 2.05) is 12.1 Å². The van der Waals surface area contributed by atoms with E-state index in [1.54, 1.807) is 7.11 Å². The van der Waals surface area contributed by atoms with Gasteiger partial charge in [0.2, 0.25) is 0 Å². The third-order valence-corrected chi connectivity index (χ3v) is 3.31. The van der Waals surface area contributed by atoms with Crippen LogP contribution in [-0.2, 0) is 6.42 Å². The van der Waals surface area contributed by atoms with Gasteiger partial charge in [0, 0.05) is 0 Å². The summed E-state index contributed by atoms with van der Waals surface area (Å²) in [6.07, 6.45) is 4.73. The van der Waals surface area contributed by atoms with Crippen molar-refractivity contribution in [2.75, 3.05) is 32.5 Å². The molecule has 1 aromatic rings. The summed E-state index contributed by atoms with van der Waals surface area (Å²) in [5, 5.41) is 0. The Kier molecular flexibility index (Phi) is 7.34. The fourth-order valence-electron chi connectivity index (χ4n) is 2.41. The Labute approximate surface area is 117 Å². The first-order valence-corrected chi connectivity index (χ1v) is 7.36. The van der Waals surface area contributed by atoms with Gasteiger partial charge in [0.1, 0.15) is 5.75 Å². The quantitative estimate of drug-likeness (QED) is 0.695. The minimum absolute atomic E-state index is 0.735. The van der Waals surface area contributed by atoms with E-state index in [0.717, 1.165) is 17.9 Å². The summed E-state index contributed by atoms with van der Waals surface area (Å²) in [6.45, 7) is 8.07. The van der Waals surface area contributed by atoms with E-state index in [9.17, 15) is 0 Å². The number of nitrogens with two attached hydrogens (primary N) is 1. The molecule has 0 aromatic heterocycles. The van der Waals surface area contributed by atoms with Crippen molar-refractivity contribution in [3.8, 4) is 5.75 Å². The zero-order valence-corrected chi connectivity index (χ0v) is 12.6. The second kappa shape index (κ2) is 8.81. The molecule has 0 atom stereocenters. The van der Waals surface area contributed by atoms with Crippen molar-refractivity contribution in [1.82, 2.24) is 4.90 Å². The molecular formula is C16H28N2O. The fraction of sp³-hybridized carbons (Fsp3) is 0.625. The average molecular weight is 264 g/mol. The summed E-state index contributed by atoms with van der Waals surface area (Å²) >= 11 is 0. The van der Waals surface area contributed by atoms with Crippen LogP contribution in [0.1, 0.15) is 38.7 Å². The van der Waals surface area contributed by atoms with Crippen molar-refractivity contribution in [1.29, 1.82) is 0 Å². The van der Waals surface area contributed by atoms with Crippen LogP contribution in [0.4, 0.5) is 5.69 Å². The minimum atomic E-state index is 0.735. The standard InChI is InChI=1S/C16H28N2O/c1-4-10-18(11-5-2)12-6-7-14-8-9-16(19-3)15(17)13-14/h8-9,13H,4-7,10-12,17H2,1-3H3. The average Bonchev–Trinajstić information content (AvgIpc) is 2.39. The first-order chi connectivity index (χ1) is 9.21. The van der Waals surface area contributed by atoms with Gasteiger partial charge in [-0.1, -0.05) is 19.9 Å². The van der Waals surface area contributed by atoms with Gasteiger partial charge in [-0.15, -0.1) is 0 Å². The highest BCUT2D eigenvalue weighted by atomic mass is 16.5. The maximum Gasteiger partial charge on any atom is 0.141 e. The Morgan fingerprint density at radius 2 is 1.79 bits per heavy atom. The van der Waals surface area contributed by atoms with E-state index < -0.39 is 0 Å². The maximum atomic E-state index is 5.92. The molecule has 0 aliphatic carbocycles. The van der Waals surface area contributed by atoms with Gasteiger partial charge in [-0.05, 0) is 63.0 Å². The number of aryl methyl sites for hydroxylation is 1. The number of anilines is 1. The van der Waals surface area contributed by atoms with Crippen LogP contribution in [0.3, 0.4) is 0 Å². The molecule has 0 radical (unpaired) electrons. The molecule has 19 heavy (non-hydrogen) atoms. The predicted molar refractivity (Wildman–Crippen MR) is 82.7 cm³/mol. The van der Waals surface area contributed by atoms with Crippen LogP contribution in [0.25, 0.3) is 0 Å². The number of benzene rings is 1. The lowest BCUT2D eigenvalue weighted by Gasteiger charge is -2.20. The van der Waals surface area contributed by atoms with Crippen LogP contribution >= 0.6 is 0 Å². The van der Waals surface area contributed by atoms with Crippen LogP contribution in [0.5, 0.6) is 5.75 Å². The molecule has 108 valence electrons. The maximum absolute atomic E-state index is 5.92. The van der Waals surface area contributed by atoms with Gasteiger partial charge in [0.25, 0.3) is 0 Å². The first kappa shape index (κ1) is 15.8. The molecule has 1 aromatic carbocycles. The number of hydrogen-bond donors (Lipinski definition) is 1. The van der Waals surface area contributed by atoms with Crippen molar-refractivity contribution in [3.05, 3.63) is 23.8 Å². The van der Waals surface area contributed by atoms with Gasteiger partial charge in [-0.3, -0.25) is 0 Å². The van der Waals surface area contributed by atoms with E-state index in [0.29, 0.717) is 0 Å². The summed E-state index contributed by atoms with van der Waals surface area (Å²) in [5.41, 5.74) is 7.96. The van der Waals surface area contributed by atoms with Crippen LogP contribution in [0, 0.1) is 0 Å². The molecule has 2 N–H and O–H groups in total. The Balaban J connectivity index is 2.41. The number of nitrogens with zero attached hydrogens (tertiary/aromatic N) is 1. The lowest BCUT2D eigenvalue weighted by molar-refractivity contribution is 0.271. The Morgan fingerprint density at radius 3 is 2.32 bits per heavy atom. The normalized spacial score (nSPS) is 10.9. The SMILES string of the molecule is CCCN(CCC)CCCc1ccc(OC)c(N)c1. The third kappa shape index (κ3) is 5.52. The Hall–Kier alpha value is -1.22. The number of methoxy groups -OCH3 is 1. The highest BCUT2D eigenvalue weighted by Gasteiger charge is 2.04. The largest absolute Gasteiger partial charge is 0.495 e. The van der Waals surface area contributed by atoms with Gasteiger partial charge in [-0.25, -0.2) is 0 Å².